The molecule has 0 heterocycles. The maximum absolute atomic E-state index is 11.8. The van der Waals surface area contributed by atoms with E-state index in [1.807, 2.05) is 34.6 Å². The number of carbonyl (C=O) groups is 1. The van der Waals surface area contributed by atoms with Crippen LogP contribution in [0.4, 0.5) is 0 Å². The van der Waals surface area contributed by atoms with Crippen LogP contribution in [0, 0.1) is 0 Å². The van der Waals surface area contributed by atoms with Crippen molar-refractivity contribution >= 4 is 5.91 Å². The number of amides is 1. The fourth-order valence-corrected chi connectivity index (χ4v) is 1.15. The standard InChI is InChI=1S/C12H25NO3/c1-6-13(8-9-15-7-2)11(14)10-16-12(3,4)5/h6-10H2,1-5H3. The molecule has 16 heavy (non-hydrogen) atoms. The first-order chi connectivity index (χ1) is 7.40. The van der Waals surface area contributed by atoms with Crippen molar-refractivity contribution in [2.75, 3.05) is 32.9 Å². The van der Waals surface area contributed by atoms with Gasteiger partial charge in [-0.3, -0.25) is 4.79 Å². The normalized spacial score (nSPS) is 11.6. The lowest BCUT2D eigenvalue weighted by atomic mass is 10.2. The summed E-state index contributed by atoms with van der Waals surface area (Å²) in [5, 5.41) is 0. The highest BCUT2D eigenvalue weighted by Gasteiger charge is 2.16. The van der Waals surface area contributed by atoms with E-state index in [0.717, 1.165) is 0 Å². The van der Waals surface area contributed by atoms with E-state index in [2.05, 4.69) is 0 Å². The second-order valence-corrected chi connectivity index (χ2v) is 4.57. The van der Waals surface area contributed by atoms with Crippen LogP contribution in [0.2, 0.25) is 0 Å². The molecule has 0 atom stereocenters. The quantitative estimate of drug-likeness (QED) is 0.626. The zero-order valence-electron chi connectivity index (χ0n) is 11.2. The molecule has 0 radical (unpaired) electrons. The van der Waals surface area contributed by atoms with Gasteiger partial charge in [0.1, 0.15) is 6.61 Å². The second kappa shape index (κ2) is 7.63. The zero-order chi connectivity index (χ0) is 12.6. The first kappa shape index (κ1) is 15.4. The molecule has 0 saturated carbocycles. The van der Waals surface area contributed by atoms with E-state index >= 15 is 0 Å². The Hall–Kier alpha value is -0.610. The third kappa shape index (κ3) is 7.65. The molecule has 0 fully saturated rings. The highest BCUT2D eigenvalue weighted by Crippen LogP contribution is 2.06. The summed E-state index contributed by atoms with van der Waals surface area (Å²) in [4.78, 5) is 13.5. The van der Waals surface area contributed by atoms with Crippen molar-refractivity contribution in [1.29, 1.82) is 0 Å². The van der Waals surface area contributed by atoms with Crippen molar-refractivity contribution < 1.29 is 14.3 Å². The average Bonchev–Trinajstić information content (AvgIpc) is 2.20. The van der Waals surface area contributed by atoms with E-state index in [1.165, 1.54) is 0 Å². The van der Waals surface area contributed by atoms with Crippen LogP contribution in [0.15, 0.2) is 0 Å². The Kier molecular flexibility index (Phi) is 7.34. The van der Waals surface area contributed by atoms with Gasteiger partial charge in [-0.1, -0.05) is 0 Å². The number of carbonyl (C=O) groups excluding carboxylic acids is 1. The van der Waals surface area contributed by atoms with E-state index in [0.29, 0.717) is 26.3 Å². The van der Waals surface area contributed by atoms with Crippen molar-refractivity contribution in [3.8, 4) is 0 Å². The third-order valence-corrected chi connectivity index (χ3v) is 2.07. The minimum absolute atomic E-state index is 0.0251. The first-order valence-corrected chi connectivity index (χ1v) is 5.90. The molecule has 0 aromatic rings. The Morgan fingerprint density at radius 1 is 1.25 bits per heavy atom. The van der Waals surface area contributed by atoms with E-state index in [-0.39, 0.29) is 18.1 Å². The first-order valence-electron chi connectivity index (χ1n) is 5.90. The molecule has 0 aliphatic rings. The molecule has 0 N–H and O–H groups in total. The van der Waals surface area contributed by atoms with Gasteiger partial charge in [-0.2, -0.15) is 0 Å². The topological polar surface area (TPSA) is 38.8 Å². The van der Waals surface area contributed by atoms with Gasteiger partial charge in [-0.15, -0.1) is 0 Å². The fourth-order valence-electron chi connectivity index (χ4n) is 1.15. The Labute approximate surface area is 98.9 Å². The van der Waals surface area contributed by atoms with Crippen LogP contribution in [0.5, 0.6) is 0 Å². The lowest BCUT2D eigenvalue weighted by molar-refractivity contribution is -0.141. The molecule has 0 bridgehead atoms. The van der Waals surface area contributed by atoms with Crippen LogP contribution in [0.3, 0.4) is 0 Å². The van der Waals surface area contributed by atoms with Gasteiger partial charge in [0.05, 0.1) is 12.2 Å². The highest BCUT2D eigenvalue weighted by atomic mass is 16.5. The van der Waals surface area contributed by atoms with Gasteiger partial charge in [0.25, 0.3) is 0 Å². The van der Waals surface area contributed by atoms with Gasteiger partial charge in [0.2, 0.25) is 5.91 Å². The van der Waals surface area contributed by atoms with E-state index < -0.39 is 0 Å². The van der Waals surface area contributed by atoms with Crippen molar-refractivity contribution in [2.24, 2.45) is 0 Å². The zero-order valence-corrected chi connectivity index (χ0v) is 11.2. The number of likely N-dealkylation sites (N-methyl/N-ethyl adjacent to an activating group) is 1. The molecule has 0 aromatic carbocycles. The van der Waals surface area contributed by atoms with Crippen molar-refractivity contribution in [3.05, 3.63) is 0 Å². The maximum Gasteiger partial charge on any atom is 0.248 e. The molecule has 0 spiro atoms. The van der Waals surface area contributed by atoms with Gasteiger partial charge in [0, 0.05) is 19.7 Å². The second-order valence-electron chi connectivity index (χ2n) is 4.57. The van der Waals surface area contributed by atoms with Crippen LogP contribution >= 0.6 is 0 Å². The third-order valence-electron chi connectivity index (χ3n) is 2.07. The minimum atomic E-state index is -0.269. The van der Waals surface area contributed by atoms with Gasteiger partial charge in [-0.25, -0.2) is 0 Å². The SMILES string of the molecule is CCOCCN(CC)C(=O)COC(C)(C)C. The predicted octanol–water partition coefficient (Wildman–Crippen LogP) is 1.69. The molecule has 0 aliphatic heterocycles. The summed E-state index contributed by atoms with van der Waals surface area (Å²) in [5.74, 6) is 0.0251. The summed E-state index contributed by atoms with van der Waals surface area (Å²) in [6, 6.07) is 0. The largest absolute Gasteiger partial charge is 0.380 e. The molecule has 4 nitrogen and oxygen atoms in total. The number of nitrogens with zero attached hydrogens (tertiary/aromatic N) is 1. The maximum atomic E-state index is 11.8. The fraction of sp³-hybridized carbons (Fsp3) is 0.917. The average molecular weight is 231 g/mol. The van der Waals surface area contributed by atoms with Crippen molar-refractivity contribution in [1.82, 2.24) is 4.90 Å². The van der Waals surface area contributed by atoms with E-state index in [4.69, 9.17) is 9.47 Å². The van der Waals surface area contributed by atoms with Gasteiger partial charge < -0.3 is 14.4 Å². The number of rotatable bonds is 7. The summed E-state index contributed by atoms with van der Waals surface area (Å²) in [5.41, 5.74) is -0.269. The summed E-state index contributed by atoms with van der Waals surface area (Å²) in [6.45, 7) is 12.5. The van der Waals surface area contributed by atoms with Crippen molar-refractivity contribution in [3.63, 3.8) is 0 Å². The lowest BCUT2D eigenvalue weighted by Gasteiger charge is -2.24. The van der Waals surface area contributed by atoms with Gasteiger partial charge in [-0.05, 0) is 34.6 Å². The molecule has 0 saturated heterocycles. The van der Waals surface area contributed by atoms with Gasteiger partial charge in [0.15, 0.2) is 0 Å². The molecule has 4 heteroatoms. The van der Waals surface area contributed by atoms with E-state index in [9.17, 15) is 4.79 Å². The Morgan fingerprint density at radius 2 is 1.88 bits per heavy atom. The van der Waals surface area contributed by atoms with Gasteiger partial charge >= 0.3 is 0 Å². The number of ether oxygens (including phenoxy) is 2. The predicted molar refractivity (Wildman–Crippen MR) is 64.5 cm³/mol. The molecule has 0 aromatic heterocycles. The van der Waals surface area contributed by atoms with Crippen LogP contribution in [0.25, 0.3) is 0 Å². The Morgan fingerprint density at radius 3 is 2.31 bits per heavy atom. The summed E-state index contributed by atoms with van der Waals surface area (Å²) < 4.78 is 10.7. The highest BCUT2D eigenvalue weighted by molar-refractivity contribution is 5.77. The van der Waals surface area contributed by atoms with Crippen LogP contribution < -0.4 is 0 Å². The molecule has 96 valence electrons. The summed E-state index contributed by atoms with van der Waals surface area (Å²) >= 11 is 0. The monoisotopic (exact) mass is 231 g/mol. The lowest BCUT2D eigenvalue weighted by Crippen LogP contribution is -2.38. The van der Waals surface area contributed by atoms with Crippen molar-refractivity contribution in [2.45, 2.75) is 40.2 Å². The molecular formula is C12H25NO3. The molecule has 0 aliphatic carbocycles. The summed E-state index contributed by atoms with van der Waals surface area (Å²) in [6.07, 6.45) is 0. The van der Waals surface area contributed by atoms with Crippen LogP contribution in [-0.2, 0) is 14.3 Å². The van der Waals surface area contributed by atoms with E-state index in [1.54, 1.807) is 4.90 Å². The minimum Gasteiger partial charge on any atom is -0.380 e. The molecular weight excluding hydrogens is 206 g/mol. The number of hydrogen-bond donors (Lipinski definition) is 0. The Balaban J connectivity index is 3.91. The smallest absolute Gasteiger partial charge is 0.248 e. The van der Waals surface area contributed by atoms with Crippen LogP contribution in [0.1, 0.15) is 34.6 Å². The molecule has 1 amide bonds. The Bertz CT molecular complexity index is 199. The molecule has 0 rings (SSSR count). The molecule has 0 unspecified atom stereocenters. The number of hydrogen-bond acceptors (Lipinski definition) is 3. The summed E-state index contributed by atoms with van der Waals surface area (Å²) in [7, 11) is 0. The van der Waals surface area contributed by atoms with Crippen LogP contribution in [-0.4, -0.2) is 49.3 Å².